The average molecular weight is 476 g/mol. The number of likely N-dealkylation sites (N-methyl/N-ethyl adjacent to an activating group) is 1. The fraction of sp³-hybridized carbons (Fsp3) is 0.458. The van der Waals surface area contributed by atoms with Crippen LogP contribution in [0.4, 0.5) is 5.69 Å². The van der Waals surface area contributed by atoms with Crippen molar-refractivity contribution in [1.29, 1.82) is 0 Å². The number of rotatable bonds is 9. The minimum Gasteiger partial charge on any atom is -0.493 e. The number of methoxy groups -OCH3 is 2. The lowest BCUT2D eigenvalue weighted by Gasteiger charge is -2.32. The maximum absolute atomic E-state index is 12.9. The van der Waals surface area contributed by atoms with E-state index in [1.807, 2.05) is 12.1 Å². The minimum atomic E-state index is -3.87. The maximum atomic E-state index is 12.9. The molecule has 2 aromatic carbocycles. The number of amides is 1. The topological polar surface area (TPSA) is 88.2 Å². The number of nitrogens with one attached hydrogen (secondary N) is 1. The van der Waals surface area contributed by atoms with Crippen molar-refractivity contribution in [3.63, 3.8) is 0 Å². The predicted molar refractivity (Wildman–Crippen MR) is 128 cm³/mol. The zero-order valence-corrected chi connectivity index (χ0v) is 20.5. The molecule has 0 aliphatic carbocycles. The Balaban J connectivity index is 1.56. The van der Waals surface area contributed by atoms with E-state index >= 15 is 0 Å². The zero-order valence-electron chi connectivity index (χ0n) is 19.7. The molecule has 1 heterocycles. The molecule has 9 heteroatoms. The number of piperidine rings is 1. The van der Waals surface area contributed by atoms with E-state index in [1.54, 1.807) is 0 Å². The molecule has 0 saturated carbocycles. The van der Waals surface area contributed by atoms with Gasteiger partial charge in [-0.3, -0.25) is 4.79 Å². The first-order valence-corrected chi connectivity index (χ1v) is 12.5. The average Bonchev–Trinajstić information content (AvgIpc) is 2.82. The molecule has 1 amide bonds. The van der Waals surface area contributed by atoms with Gasteiger partial charge in [0.05, 0.1) is 25.7 Å². The molecular weight excluding hydrogens is 442 g/mol. The third kappa shape index (κ3) is 6.17. The first kappa shape index (κ1) is 24.9. The van der Waals surface area contributed by atoms with Gasteiger partial charge in [-0.15, -0.1) is 0 Å². The van der Waals surface area contributed by atoms with Crippen LogP contribution < -0.4 is 19.7 Å². The van der Waals surface area contributed by atoms with Crippen molar-refractivity contribution in [2.75, 3.05) is 45.8 Å². The van der Waals surface area contributed by atoms with Crippen molar-refractivity contribution < 1.29 is 22.7 Å². The fourth-order valence-electron chi connectivity index (χ4n) is 3.95. The number of hydrogen-bond donors (Lipinski definition) is 1. The molecule has 3 rings (SSSR count). The number of sulfonamides is 1. The third-order valence-corrected chi connectivity index (χ3v) is 7.68. The molecule has 1 saturated heterocycles. The van der Waals surface area contributed by atoms with Crippen molar-refractivity contribution in [1.82, 2.24) is 9.62 Å². The van der Waals surface area contributed by atoms with Crippen LogP contribution in [0.1, 0.15) is 25.3 Å². The van der Waals surface area contributed by atoms with Gasteiger partial charge in [0, 0.05) is 38.4 Å². The van der Waals surface area contributed by atoms with E-state index in [0.29, 0.717) is 24.0 Å². The smallest absolute Gasteiger partial charge is 0.243 e. The highest BCUT2D eigenvalue weighted by Gasteiger charge is 2.24. The molecule has 0 bridgehead atoms. The first-order chi connectivity index (χ1) is 15.7. The Hall–Kier alpha value is -2.78. The quantitative estimate of drug-likeness (QED) is 0.600. The second kappa shape index (κ2) is 10.9. The van der Waals surface area contributed by atoms with Gasteiger partial charge >= 0.3 is 0 Å². The standard InChI is InChI=1S/C24H33N3O5S/c1-18-6-5-13-27(16-18)20-9-7-19(8-10-20)15-25-24(28)17-26(2)33(29,30)21-11-12-22(31-3)23(14-21)32-4/h7-12,14,18H,5-6,13,15-17H2,1-4H3,(H,25,28)/t18-/m0/s1. The molecule has 0 aromatic heterocycles. The van der Waals surface area contributed by atoms with Crippen molar-refractivity contribution in [2.24, 2.45) is 5.92 Å². The largest absolute Gasteiger partial charge is 0.493 e. The number of carbonyl (C=O) groups excluding carboxylic acids is 1. The second-order valence-corrected chi connectivity index (χ2v) is 10.5. The third-order valence-electron chi connectivity index (χ3n) is 5.88. The molecule has 1 fully saturated rings. The highest BCUT2D eigenvalue weighted by molar-refractivity contribution is 7.89. The van der Waals surface area contributed by atoms with Crippen LogP contribution in [0.15, 0.2) is 47.4 Å². The number of carbonyl (C=O) groups is 1. The molecule has 33 heavy (non-hydrogen) atoms. The lowest BCUT2D eigenvalue weighted by Crippen LogP contribution is -2.38. The minimum absolute atomic E-state index is 0.0260. The molecule has 2 aromatic rings. The van der Waals surface area contributed by atoms with Crippen LogP contribution in [0, 0.1) is 5.92 Å². The Kier molecular flexibility index (Phi) is 8.20. The molecule has 0 spiro atoms. The Bertz CT molecular complexity index is 1060. The van der Waals surface area contributed by atoms with Crippen molar-refractivity contribution in [2.45, 2.75) is 31.2 Å². The summed E-state index contributed by atoms with van der Waals surface area (Å²) in [6, 6.07) is 12.5. The summed E-state index contributed by atoms with van der Waals surface area (Å²) in [5.41, 5.74) is 2.15. The number of ether oxygens (including phenoxy) is 2. The summed E-state index contributed by atoms with van der Waals surface area (Å²) < 4.78 is 37.1. The number of benzene rings is 2. The summed E-state index contributed by atoms with van der Waals surface area (Å²) in [6.45, 7) is 4.46. The van der Waals surface area contributed by atoms with Crippen LogP contribution in [0.2, 0.25) is 0 Å². The molecule has 0 radical (unpaired) electrons. The van der Waals surface area contributed by atoms with Crippen molar-refractivity contribution >= 4 is 21.6 Å². The predicted octanol–water partition coefficient (Wildman–Crippen LogP) is 2.88. The van der Waals surface area contributed by atoms with Crippen molar-refractivity contribution in [3.05, 3.63) is 48.0 Å². The highest BCUT2D eigenvalue weighted by Crippen LogP contribution is 2.30. The molecule has 1 atom stereocenters. The Morgan fingerprint density at radius 1 is 1.12 bits per heavy atom. The normalized spacial score (nSPS) is 16.5. The van der Waals surface area contributed by atoms with E-state index in [9.17, 15) is 13.2 Å². The van der Waals surface area contributed by atoms with Gasteiger partial charge < -0.3 is 19.7 Å². The van der Waals surface area contributed by atoms with E-state index in [0.717, 1.165) is 23.0 Å². The Morgan fingerprint density at radius 3 is 2.45 bits per heavy atom. The summed E-state index contributed by atoms with van der Waals surface area (Å²) in [4.78, 5) is 14.8. The summed E-state index contributed by atoms with van der Waals surface area (Å²) in [5.74, 6) is 1.05. The van der Waals surface area contributed by atoms with E-state index in [-0.39, 0.29) is 17.3 Å². The Labute approximate surface area is 196 Å². The maximum Gasteiger partial charge on any atom is 0.243 e. The van der Waals surface area contributed by atoms with Gasteiger partial charge in [-0.1, -0.05) is 19.1 Å². The molecular formula is C24H33N3O5S. The number of hydrogen-bond acceptors (Lipinski definition) is 6. The van der Waals surface area contributed by atoms with Gasteiger partial charge in [0.1, 0.15) is 0 Å². The monoisotopic (exact) mass is 475 g/mol. The Morgan fingerprint density at radius 2 is 1.82 bits per heavy atom. The molecule has 0 unspecified atom stereocenters. The summed E-state index contributed by atoms with van der Waals surface area (Å²) >= 11 is 0. The van der Waals surface area contributed by atoms with E-state index in [2.05, 4.69) is 29.3 Å². The van der Waals surface area contributed by atoms with E-state index in [4.69, 9.17) is 9.47 Å². The molecule has 1 aliphatic rings. The second-order valence-electron chi connectivity index (χ2n) is 8.41. The van der Waals surface area contributed by atoms with Crippen LogP contribution in [0.3, 0.4) is 0 Å². The summed E-state index contributed by atoms with van der Waals surface area (Å²) in [7, 11) is 0.421. The van der Waals surface area contributed by atoms with Gasteiger partial charge in [0.25, 0.3) is 0 Å². The van der Waals surface area contributed by atoms with Crippen LogP contribution in [0.5, 0.6) is 11.5 Å². The van der Waals surface area contributed by atoms with Crippen LogP contribution in [-0.2, 0) is 21.4 Å². The van der Waals surface area contributed by atoms with Crippen LogP contribution in [0.25, 0.3) is 0 Å². The van der Waals surface area contributed by atoms with E-state index < -0.39 is 10.0 Å². The van der Waals surface area contributed by atoms with Gasteiger partial charge in [0.2, 0.25) is 15.9 Å². The van der Waals surface area contributed by atoms with Crippen LogP contribution >= 0.6 is 0 Å². The number of nitrogens with zero attached hydrogens (tertiary/aromatic N) is 2. The van der Waals surface area contributed by atoms with Gasteiger partial charge in [-0.05, 0) is 48.6 Å². The summed E-state index contributed by atoms with van der Waals surface area (Å²) in [6.07, 6.45) is 2.48. The van der Waals surface area contributed by atoms with Gasteiger partial charge in [0.15, 0.2) is 11.5 Å². The molecule has 8 nitrogen and oxygen atoms in total. The lowest BCUT2D eigenvalue weighted by molar-refractivity contribution is -0.121. The zero-order chi connectivity index (χ0) is 24.0. The van der Waals surface area contributed by atoms with Crippen LogP contribution in [-0.4, -0.2) is 59.5 Å². The SMILES string of the molecule is COc1ccc(S(=O)(=O)N(C)CC(=O)NCc2ccc(N3CCC[C@H](C)C3)cc2)cc1OC. The first-order valence-electron chi connectivity index (χ1n) is 11.0. The molecule has 1 aliphatic heterocycles. The van der Waals surface area contributed by atoms with Gasteiger partial charge in [-0.25, -0.2) is 8.42 Å². The number of anilines is 1. The summed E-state index contributed by atoms with van der Waals surface area (Å²) in [5, 5.41) is 2.80. The molecule has 180 valence electrons. The fourth-order valence-corrected chi connectivity index (χ4v) is 5.09. The lowest BCUT2D eigenvalue weighted by atomic mass is 9.99. The van der Waals surface area contributed by atoms with E-state index in [1.165, 1.54) is 58.0 Å². The highest BCUT2D eigenvalue weighted by atomic mass is 32.2. The molecule has 1 N–H and O–H groups in total. The van der Waals surface area contributed by atoms with Crippen molar-refractivity contribution in [3.8, 4) is 11.5 Å². The van der Waals surface area contributed by atoms with Gasteiger partial charge in [-0.2, -0.15) is 4.31 Å².